The molecule has 4 rings (SSSR count). The van der Waals surface area contributed by atoms with Gasteiger partial charge >= 0.3 is 0 Å². The third-order valence-electron chi connectivity index (χ3n) is 5.31. The van der Waals surface area contributed by atoms with Crippen LogP contribution in [0.4, 0.5) is 5.69 Å². The van der Waals surface area contributed by atoms with Crippen LogP contribution in [0.1, 0.15) is 53.3 Å². The Hall–Kier alpha value is -1.84. The summed E-state index contributed by atoms with van der Waals surface area (Å²) in [5.74, 6) is 7.12. The highest BCUT2D eigenvalue weighted by Gasteiger charge is 2.24. The molecule has 0 bridgehead atoms. The number of unbranched alkanes of at least 4 members (excludes halogenated alkanes) is 1. The molecular weight excluding hydrogens is 432 g/mol. The number of aliphatic hydroxyl groups excluding tert-OH is 1. The Morgan fingerprint density at radius 3 is 3.00 bits per heavy atom. The van der Waals surface area contributed by atoms with Gasteiger partial charge in [-0.25, -0.2) is 4.98 Å². The number of hydrogen-bond acceptors (Lipinski definition) is 5. The van der Waals surface area contributed by atoms with Crippen LogP contribution in [-0.2, 0) is 6.54 Å². The monoisotopic (exact) mass is 456 g/mol. The molecule has 1 aliphatic carbocycles. The molecule has 156 valence electrons. The van der Waals surface area contributed by atoms with Crippen molar-refractivity contribution in [2.24, 2.45) is 0 Å². The molecule has 0 radical (unpaired) electrons. The third-order valence-corrected chi connectivity index (χ3v) is 7.73. The molecule has 1 N–H and O–H groups in total. The van der Waals surface area contributed by atoms with Gasteiger partial charge in [0.05, 0.1) is 22.5 Å². The van der Waals surface area contributed by atoms with Crippen molar-refractivity contribution < 1.29 is 5.11 Å². The van der Waals surface area contributed by atoms with Gasteiger partial charge < -0.3 is 10.0 Å². The number of halogens is 1. The fraction of sp³-hybridized carbons (Fsp3) is 0.375. The van der Waals surface area contributed by atoms with Crippen molar-refractivity contribution in [2.45, 2.75) is 44.6 Å². The fourth-order valence-corrected chi connectivity index (χ4v) is 6.16. The van der Waals surface area contributed by atoms with E-state index < -0.39 is 0 Å². The lowest BCUT2D eigenvalue weighted by Gasteiger charge is -2.19. The smallest absolute Gasteiger partial charge is 0.131 e. The van der Waals surface area contributed by atoms with Gasteiger partial charge in [0.1, 0.15) is 10.7 Å². The zero-order chi connectivity index (χ0) is 20.9. The largest absolute Gasteiger partial charge is 0.396 e. The topological polar surface area (TPSA) is 36.4 Å². The van der Waals surface area contributed by atoms with Crippen molar-refractivity contribution in [3.63, 3.8) is 0 Å². The van der Waals surface area contributed by atoms with E-state index in [1.807, 2.05) is 17.4 Å². The standard InChI is InChI=1S/C24H25ClN2OS2/c1-27(16-18-11-8-14-29-18)20-15-21(25)26-22-19(12-6-3-7-13-28)23(30-24(20)22)17-9-4-2-5-10-17/h2,4,8,11,14-15,17,28H,3,5,7,9-10,13,16H2,1H3. The van der Waals surface area contributed by atoms with E-state index in [2.05, 4.69) is 53.5 Å². The predicted molar refractivity (Wildman–Crippen MR) is 130 cm³/mol. The van der Waals surface area contributed by atoms with Gasteiger partial charge in [-0.05, 0) is 43.0 Å². The number of fused-ring (bicyclic) bond motifs is 1. The molecule has 0 spiro atoms. The highest BCUT2D eigenvalue weighted by Crippen LogP contribution is 2.44. The SMILES string of the molecule is CN(Cc1cccs1)c1cc(Cl)nc2c(C#CCCCO)c(C3CC=CCC3)sc12. The van der Waals surface area contributed by atoms with Gasteiger partial charge in [-0.1, -0.05) is 41.7 Å². The highest BCUT2D eigenvalue weighted by atomic mass is 35.5. The fourth-order valence-electron chi connectivity index (χ4n) is 3.80. The molecular formula is C24H25ClN2OS2. The molecule has 0 fully saturated rings. The number of hydrogen-bond donors (Lipinski definition) is 1. The first kappa shape index (κ1) is 21.4. The first-order valence-electron chi connectivity index (χ1n) is 10.3. The molecule has 0 amide bonds. The molecule has 6 heteroatoms. The van der Waals surface area contributed by atoms with Crippen LogP contribution in [0.5, 0.6) is 0 Å². The van der Waals surface area contributed by atoms with Crippen molar-refractivity contribution in [1.29, 1.82) is 0 Å². The number of aromatic nitrogens is 1. The highest BCUT2D eigenvalue weighted by molar-refractivity contribution is 7.20. The minimum Gasteiger partial charge on any atom is -0.396 e. The zero-order valence-corrected chi connectivity index (χ0v) is 19.4. The van der Waals surface area contributed by atoms with Crippen molar-refractivity contribution in [1.82, 2.24) is 4.98 Å². The number of anilines is 1. The summed E-state index contributed by atoms with van der Waals surface area (Å²) in [6, 6.07) is 6.22. The van der Waals surface area contributed by atoms with Crippen molar-refractivity contribution in [2.75, 3.05) is 18.6 Å². The molecule has 0 saturated carbocycles. The second-order valence-electron chi connectivity index (χ2n) is 7.53. The maximum absolute atomic E-state index is 9.09. The number of nitrogens with zero attached hydrogens (tertiary/aromatic N) is 2. The molecule has 3 aromatic heterocycles. The Bertz CT molecular complexity index is 1090. The Kier molecular flexibility index (Phi) is 7.12. The first-order chi connectivity index (χ1) is 14.7. The molecule has 3 heterocycles. The average Bonchev–Trinajstić information content (AvgIpc) is 3.39. The summed E-state index contributed by atoms with van der Waals surface area (Å²) in [5, 5.41) is 11.7. The van der Waals surface area contributed by atoms with Crippen LogP contribution < -0.4 is 4.90 Å². The summed E-state index contributed by atoms with van der Waals surface area (Å²) < 4.78 is 1.16. The van der Waals surface area contributed by atoms with Crippen molar-refractivity contribution in [3.05, 3.63) is 56.2 Å². The van der Waals surface area contributed by atoms with Crippen LogP contribution in [0, 0.1) is 11.8 Å². The van der Waals surface area contributed by atoms with E-state index in [1.165, 1.54) is 9.75 Å². The Balaban J connectivity index is 1.80. The van der Waals surface area contributed by atoms with E-state index in [0.717, 1.165) is 47.3 Å². The van der Waals surface area contributed by atoms with Crippen LogP contribution in [0.3, 0.4) is 0 Å². The molecule has 0 aromatic carbocycles. The van der Waals surface area contributed by atoms with Gasteiger partial charge in [-0.3, -0.25) is 0 Å². The molecule has 1 unspecified atom stereocenters. The van der Waals surface area contributed by atoms with Crippen LogP contribution in [0.25, 0.3) is 10.2 Å². The zero-order valence-electron chi connectivity index (χ0n) is 17.0. The summed E-state index contributed by atoms with van der Waals surface area (Å²) >= 11 is 10.1. The summed E-state index contributed by atoms with van der Waals surface area (Å²) in [6.45, 7) is 1.01. The number of pyridine rings is 1. The number of thiophene rings is 2. The van der Waals surface area contributed by atoms with E-state index in [-0.39, 0.29) is 6.61 Å². The molecule has 1 aliphatic rings. The number of aliphatic hydroxyl groups is 1. The van der Waals surface area contributed by atoms with E-state index in [4.69, 9.17) is 21.7 Å². The van der Waals surface area contributed by atoms with Crippen molar-refractivity contribution in [3.8, 4) is 11.8 Å². The summed E-state index contributed by atoms with van der Waals surface area (Å²) in [7, 11) is 2.11. The van der Waals surface area contributed by atoms with Gasteiger partial charge in [0.25, 0.3) is 0 Å². The summed E-state index contributed by atoms with van der Waals surface area (Å²) in [6.07, 6.45) is 9.23. The second kappa shape index (κ2) is 9.98. The molecule has 0 saturated heterocycles. The minimum atomic E-state index is 0.168. The van der Waals surface area contributed by atoms with Crippen LogP contribution in [-0.4, -0.2) is 23.7 Å². The molecule has 1 atom stereocenters. The second-order valence-corrected chi connectivity index (χ2v) is 10.0. The first-order valence-corrected chi connectivity index (χ1v) is 12.4. The van der Waals surface area contributed by atoms with E-state index in [1.54, 1.807) is 11.3 Å². The van der Waals surface area contributed by atoms with E-state index in [0.29, 0.717) is 23.9 Å². The van der Waals surface area contributed by atoms with Crippen LogP contribution in [0.15, 0.2) is 35.7 Å². The molecule has 3 aromatic rings. The van der Waals surface area contributed by atoms with Crippen LogP contribution in [0.2, 0.25) is 5.15 Å². The Morgan fingerprint density at radius 2 is 2.27 bits per heavy atom. The Labute approximate surface area is 191 Å². The lowest BCUT2D eigenvalue weighted by Crippen LogP contribution is -2.15. The van der Waals surface area contributed by atoms with Gasteiger partial charge in [-0.15, -0.1) is 22.7 Å². The third kappa shape index (κ3) is 4.73. The number of allylic oxidation sites excluding steroid dienone is 2. The quantitative estimate of drug-likeness (QED) is 0.196. The lowest BCUT2D eigenvalue weighted by molar-refractivity contribution is 0.290. The lowest BCUT2D eigenvalue weighted by atomic mass is 9.91. The summed E-state index contributed by atoms with van der Waals surface area (Å²) in [4.78, 5) is 9.61. The normalized spacial score (nSPS) is 15.9. The Morgan fingerprint density at radius 1 is 1.37 bits per heavy atom. The predicted octanol–water partition coefficient (Wildman–Crippen LogP) is 6.60. The van der Waals surface area contributed by atoms with Gasteiger partial charge in [0, 0.05) is 35.9 Å². The summed E-state index contributed by atoms with van der Waals surface area (Å²) in [5.41, 5.74) is 3.06. The molecule has 0 aliphatic heterocycles. The minimum absolute atomic E-state index is 0.168. The van der Waals surface area contributed by atoms with E-state index >= 15 is 0 Å². The van der Waals surface area contributed by atoms with Gasteiger partial charge in [-0.2, -0.15) is 0 Å². The van der Waals surface area contributed by atoms with Gasteiger partial charge in [0.2, 0.25) is 0 Å². The van der Waals surface area contributed by atoms with E-state index in [9.17, 15) is 0 Å². The molecule has 3 nitrogen and oxygen atoms in total. The van der Waals surface area contributed by atoms with Crippen molar-refractivity contribution >= 4 is 50.2 Å². The maximum Gasteiger partial charge on any atom is 0.131 e. The van der Waals surface area contributed by atoms with Crippen LogP contribution >= 0.6 is 34.3 Å². The molecule has 30 heavy (non-hydrogen) atoms. The average molecular weight is 457 g/mol. The number of rotatable bonds is 6. The maximum atomic E-state index is 9.09. The van der Waals surface area contributed by atoms with Gasteiger partial charge in [0.15, 0.2) is 0 Å².